The Hall–Kier alpha value is -1.09. The van der Waals surface area contributed by atoms with E-state index in [9.17, 15) is 4.79 Å². The standard InChI is InChI=1S/C12H18O2Si/c1-10(11-8-6-5-7-9-11)12(13)14-15(2,3)4/h5-10H,1-4H3. The van der Waals surface area contributed by atoms with Crippen LogP contribution in [0, 0.1) is 0 Å². The minimum atomic E-state index is -1.77. The highest BCUT2D eigenvalue weighted by Crippen LogP contribution is 2.18. The third-order valence-electron chi connectivity index (χ3n) is 2.06. The lowest BCUT2D eigenvalue weighted by Gasteiger charge is -2.20. The zero-order valence-corrected chi connectivity index (χ0v) is 10.8. The number of carbonyl (C=O) groups excluding carboxylic acids is 1. The van der Waals surface area contributed by atoms with Crippen molar-refractivity contribution in [3.63, 3.8) is 0 Å². The van der Waals surface area contributed by atoms with Crippen LogP contribution in [-0.4, -0.2) is 14.3 Å². The molecule has 0 fully saturated rings. The van der Waals surface area contributed by atoms with Crippen molar-refractivity contribution in [2.45, 2.75) is 32.5 Å². The highest BCUT2D eigenvalue weighted by molar-refractivity contribution is 6.71. The molecule has 2 nitrogen and oxygen atoms in total. The van der Waals surface area contributed by atoms with E-state index >= 15 is 0 Å². The molecule has 0 bridgehead atoms. The molecule has 1 aromatic carbocycles. The SMILES string of the molecule is CC(C(=O)O[Si](C)(C)C)c1ccccc1. The highest BCUT2D eigenvalue weighted by Gasteiger charge is 2.24. The van der Waals surface area contributed by atoms with Crippen LogP contribution >= 0.6 is 0 Å². The lowest BCUT2D eigenvalue weighted by Crippen LogP contribution is -2.31. The molecule has 1 rings (SSSR count). The Morgan fingerprint density at radius 2 is 1.73 bits per heavy atom. The molecule has 0 aliphatic carbocycles. The van der Waals surface area contributed by atoms with Gasteiger partial charge in [0.2, 0.25) is 8.32 Å². The Labute approximate surface area is 92.4 Å². The molecule has 0 aromatic heterocycles. The van der Waals surface area contributed by atoms with Gasteiger partial charge >= 0.3 is 0 Å². The average molecular weight is 222 g/mol. The molecule has 0 aliphatic heterocycles. The first-order chi connectivity index (χ1) is 6.90. The van der Waals surface area contributed by atoms with Crippen molar-refractivity contribution in [2.75, 3.05) is 0 Å². The molecule has 15 heavy (non-hydrogen) atoms. The van der Waals surface area contributed by atoms with E-state index in [1.807, 2.05) is 56.9 Å². The van der Waals surface area contributed by atoms with Gasteiger partial charge in [-0.05, 0) is 32.1 Å². The fraction of sp³-hybridized carbons (Fsp3) is 0.417. The van der Waals surface area contributed by atoms with Crippen molar-refractivity contribution in [3.8, 4) is 0 Å². The van der Waals surface area contributed by atoms with E-state index in [0.29, 0.717) is 0 Å². The van der Waals surface area contributed by atoms with Crippen LogP contribution in [0.2, 0.25) is 19.6 Å². The smallest absolute Gasteiger partial charge is 0.299 e. The van der Waals surface area contributed by atoms with E-state index in [1.165, 1.54) is 0 Å². The summed E-state index contributed by atoms with van der Waals surface area (Å²) in [6, 6.07) is 9.73. The average Bonchev–Trinajstić information content (AvgIpc) is 2.15. The Morgan fingerprint density at radius 3 is 2.20 bits per heavy atom. The Morgan fingerprint density at radius 1 is 1.20 bits per heavy atom. The molecular weight excluding hydrogens is 204 g/mol. The number of carbonyl (C=O) groups is 1. The van der Waals surface area contributed by atoms with Gasteiger partial charge in [0.1, 0.15) is 0 Å². The fourth-order valence-corrected chi connectivity index (χ4v) is 2.05. The lowest BCUT2D eigenvalue weighted by molar-refractivity contribution is -0.136. The van der Waals surface area contributed by atoms with Gasteiger partial charge in [-0.25, -0.2) is 0 Å². The highest BCUT2D eigenvalue weighted by atomic mass is 28.4. The maximum absolute atomic E-state index is 11.8. The summed E-state index contributed by atoms with van der Waals surface area (Å²) in [4.78, 5) is 11.8. The third-order valence-corrected chi connectivity index (χ3v) is 2.87. The number of hydrogen-bond donors (Lipinski definition) is 0. The van der Waals surface area contributed by atoms with E-state index in [2.05, 4.69) is 0 Å². The van der Waals surface area contributed by atoms with Gasteiger partial charge in [0.05, 0.1) is 5.92 Å². The summed E-state index contributed by atoms with van der Waals surface area (Å²) in [6.45, 7) is 7.94. The van der Waals surface area contributed by atoms with Crippen molar-refractivity contribution in [1.82, 2.24) is 0 Å². The zero-order valence-electron chi connectivity index (χ0n) is 9.78. The molecule has 1 aromatic rings. The first-order valence-corrected chi connectivity index (χ1v) is 8.59. The van der Waals surface area contributed by atoms with Gasteiger partial charge in [-0.3, -0.25) is 4.79 Å². The van der Waals surface area contributed by atoms with Crippen molar-refractivity contribution >= 4 is 14.3 Å². The van der Waals surface area contributed by atoms with Gasteiger partial charge in [-0.1, -0.05) is 30.3 Å². The summed E-state index contributed by atoms with van der Waals surface area (Å²) < 4.78 is 5.45. The predicted molar refractivity (Wildman–Crippen MR) is 64.3 cm³/mol. The summed E-state index contributed by atoms with van der Waals surface area (Å²) in [5.41, 5.74) is 1.01. The number of rotatable bonds is 3. The van der Waals surface area contributed by atoms with E-state index in [0.717, 1.165) is 5.56 Å². The van der Waals surface area contributed by atoms with Gasteiger partial charge < -0.3 is 4.43 Å². The molecule has 82 valence electrons. The Kier molecular flexibility index (Phi) is 3.69. The second-order valence-electron chi connectivity index (χ2n) is 4.67. The summed E-state index contributed by atoms with van der Waals surface area (Å²) in [7, 11) is -1.77. The molecule has 1 atom stereocenters. The van der Waals surface area contributed by atoms with Crippen molar-refractivity contribution in [1.29, 1.82) is 0 Å². The molecular formula is C12H18O2Si. The molecule has 0 spiro atoms. The van der Waals surface area contributed by atoms with Crippen LogP contribution in [0.25, 0.3) is 0 Å². The molecule has 0 saturated heterocycles. The second-order valence-corrected chi connectivity index (χ2v) is 9.09. The monoisotopic (exact) mass is 222 g/mol. The zero-order chi connectivity index (χ0) is 11.5. The molecule has 3 heteroatoms. The predicted octanol–water partition coefficient (Wildman–Crippen LogP) is 3.17. The van der Waals surface area contributed by atoms with Crippen molar-refractivity contribution in [3.05, 3.63) is 35.9 Å². The minimum Gasteiger partial charge on any atom is -0.519 e. The first-order valence-electron chi connectivity index (χ1n) is 5.18. The van der Waals surface area contributed by atoms with E-state index in [4.69, 9.17) is 4.43 Å². The van der Waals surface area contributed by atoms with Gasteiger partial charge in [0, 0.05) is 0 Å². The summed E-state index contributed by atoms with van der Waals surface area (Å²) in [5.74, 6) is -0.279. The van der Waals surface area contributed by atoms with Crippen LogP contribution in [-0.2, 0) is 9.22 Å². The third kappa shape index (κ3) is 3.87. The lowest BCUT2D eigenvalue weighted by atomic mass is 10.0. The minimum absolute atomic E-state index is 0.111. The molecule has 0 saturated carbocycles. The Bertz CT molecular complexity index is 327. The quantitative estimate of drug-likeness (QED) is 0.734. The van der Waals surface area contributed by atoms with E-state index in [1.54, 1.807) is 0 Å². The Balaban J connectivity index is 2.70. The van der Waals surface area contributed by atoms with Crippen LogP contribution in [0.1, 0.15) is 18.4 Å². The van der Waals surface area contributed by atoms with Gasteiger partial charge in [-0.2, -0.15) is 0 Å². The molecule has 0 N–H and O–H groups in total. The van der Waals surface area contributed by atoms with E-state index < -0.39 is 8.32 Å². The van der Waals surface area contributed by atoms with E-state index in [-0.39, 0.29) is 11.9 Å². The summed E-state index contributed by atoms with van der Waals surface area (Å²) in [5, 5.41) is 0. The van der Waals surface area contributed by atoms with Crippen LogP contribution < -0.4 is 0 Å². The summed E-state index contributed by atoms with van der Waals surface area (Å²) in [6.07, 6.45) is 0. The largest absolute Gasteiger partial charge is 0.519 e. The first kappa shape index (κ1) is 12.0. The van der Waals surface area contributed by atoms with Gasteiger partial charge in [-0.15, -0.1) is 0 Å². The van der Waals surface area contributed by atoms with Crippen LogP contribution in [0.3, 0.4) is 0 Å². The maximum Gasteiger partial charge on any atom is 0.299 e. The molecule has 0 heterocycles. The number of benzene rings is 1. The molecule has 0 radical (unpaired) electrons. The second kappa shape index (κ2) is 4.62. The summed E-state index contributed by atoms with van der Waals surface area (Å²) >= 11 is 0. The fourth-order valence-electron chi connectivity index (χ4n) is 1.27. The number of hydrogen-bond acceptors (Lipinski definition) is 2. The molecule has 1 unspecified atom stereocenters. The van der Waals surface area contributed by atoms with Gasteiger partial charge in [0.25, 0.3) is 5.97 Å². The van der Waals surface area contributed by atoms with Crippen LogP contribution in [0.5, 0.6) is 0 Å². The normalized spacial score (nSPS) is 13.3. The van der Waals surface area contributed by atoms with Crippen LogP contribution in [0.4, 0.5) is 0 Å². The molecule has 0 amide bonds. The van der Waals surface area contributed by atoms with Crippen molar-refractivity contribution < 1.29 is 9.22 Å². The maximum atomic E-state index is 11.8. The van der Waals surface area contributed by atoms with Gasteiger partial charge in [0.15, 0.2) is 0 Å². The molecule has 0 aliphatic rings. The van der Waals surface area contributed by atoms with Crippen molar-refractivity contribution in [2.24, 2.45) is 0 Å². The topological polar surface area (TPSA) is 26.3 Å². The van der Waals surface area contributed by atoms with Crippen LogP contribution in [0.15, 0.2) is 30.3 Å².